The molecule has 0 aliphatic carbocycles. The first-order valence-electron chi connectivity index (χ1n) is 12.5. The van der Waals surface area contributed by atoms with Crippen molar-refractivity contribution >= 4 is 28.7 Å². The summed E-state index contributed by atoms with van der Waals surface area (Å²) in [7, 11) is 3.84. The Balaban J connectivity index is 1.35. The zero-order valence-electron chi connectivity index (χ0n) is 20.9. The Bertz CT molecular complexity index is 1150. The quantitative estimate of drug-likeness (QED) is 0.564. The van der Waals surface area contributed by atoms with E-state index in [2.05, 4.69) is 51.9 Å². The van der Waals surface area contributed by atoms with Crippen LogP contribution < -0.4 is 4.74 Å². The molecule has 0 spiro atoms. The van der Waals surface area contributed by atoms with Crippen molar-refractivity contribution in [3.8, 4) is 5.75 Å². The van der Waals surface area contributed by atoms with E-state index in [9.17, 15) is 4.79 Å². The average molecular weight is 494 g/mol. The largest absolute Gasteiger partial charge is 0.496 e. The number of amides is 1. The molecule has 2 aromatic carbocycles. The van der Waals surface area contributed by atoms with Crippen molar-refractivity contribution in [2.75, 3.05) is 46.9 Å². The number of fused-ring (bicyclic) bond motifs is 1. The lowest BCUT2D eigenvalue weighted by Gasteiger charge is -2.29. The smallest absolute Gasteiger partial charge is 0.240 e. The Morgan fingerprint density at radius 1 is 1.17 bits per heavy atom. The lowest BCUT2D eigenvalue weighted by Crippen LogP contribution is -2.46. The van der Waals surface area contributed by atoms with Crippen LogP contribution in [0.25, 0.3) is 11.0 Å². The molecule has 7 nitrogen and oxygen atoms in total. The number of likely N-dealkylation sites (tertiary alicyclic amines) is 1. The number of carbonyl (C=O) groups is 1. The number of ether oxygens (including phenoxy) is 1. The number of imidazole rings is 1. The molecule has 8 heteroatoms. The molecule has 2 aliphatic heterocycles. The Morgan fingerprint density at radius 3 is 2.83 bits per heavy atom. The topological polar surface area (TPSA) is 64.7 Å². The van der Waals surface area contributed by atoms with Crippen molar-refractivity contribution in [2.24, 2.45) is 0 Å². The van der Waals surface area contributed by atoms with Crippen molar-refractivity contribution in [1.29, 1.82) is 0 Å². The summed E-state index contributed by atoms with van der Waals surface area (Å²) in [5, 5.41) is 1.24. The first kappa shape index (κ1) is 24.2. The summed E-state index contributed by atoms with van der Waals surface area (Å²) in [6.07, 6.45) is 1.87. The van der Waals surface area contributed by atoms with Crippen molar-refractivity contribution in [1.82, 2.24) is 24.7 Å². The maximum atomic E-state index is 13.8. The molecule has 0 radical (unpaired) electrons. The van der Waals surface area contributed by atoms with Crippen LogP contribution in [0, 0.1) is 6.92 Å². The normalized spacial score (nSPS) is 22.0. The first-order valence-corrected chi connectivity index (χ1v) is 13.3. The molecule has 0 bridgehead atoms. The molecule has 3 heterocycles. The summed E-state index contributed by atoms with van der Waals surface area (Å²) in [5.41, 5.74) is 4.38. The van der Waals surface area contributed by atoms with Gasteiger partial charge in [0.2, 0.25) is 5.91 Å². The molecular formula is C27H35N5O2S. The number of aromatic nitrogens is 2. The third kappa shape index (κ3) is 5.50. The number of aryl methyl sites for hydroxylation is 1. The number of para-hydroxylation sites is 2. The second-order valence-corrected chi connectivity index (χ2v) is 11.1. The van der Waals surface area contributed by atoms with Crippen LogP contribution in [0.5, 0.6) is 5.75 Å². The van der Waals surface area contributed by atoms with Gasteiger partial charge in [0.25, 0.3) is 0 Å². The van der Waals surface area contributed by atoms with Crippen LogP contribution in [0.3, 0.4) is 0 Å². The molecule has 0 unspecified atom stereocenters. The molecule has 1 aromatic heterocycles. The predicted octanol–water partition coefficient (Wildman–Crippen LogP) is 3.78. The van der Waals surface area contributed by atoms with Crippen LogP contribution in [0.2, 0.25) is 0 Å². The van der Waals surface area contributed by atoms with Crippen molar-refractivity contribution < 1.29 is 9.53 Å². The number of benzene rings is 2. The SMILES string of the molecule is COc1ccc(CN2C[C@H](Sc3nc4ccccc4[nH]3)C[C@H]2C(=O)N2CCCN(C)CC2)cc1C. The van der Waals surface area contributed by atoms with Crippen LogP contribution >= 0.6 is 11.8 Å². The van der Waals surface area contributed by atoms with Gasteiger partial charge >= 0.3 is 0 Å². The lowest BCUT2D eigenvalue weighted by atomic mass is 10.1. The van der Waals surface area contributed by atoms with Crippen molar-refractivity contribution in [3.05, 3.63) is 53.6 Å². The van der Waals surface area contributed by atoms with Gasteiger partial charge < -0.3 is 19.5 Å². The Labute approximate surface area is 211 Å². The van der Waals surface area contributed by atoms with Gasteiger partial charge in [0, 0.05) is 38.0 Å². The van der Waals surface area contributed by atoms with E-state index in [4.69, 9.17) is 9.72 Å². The molecule has 2 fully saturated rings. The second kappa shape index (κ2) is 10.6. The standard InChI is InChI=1S/C27H35N5O2S/c1-19-15-20(9-10-25(19)34-3)17-32-18-21(35-27-28-22-7-4-5-8-23(22)29-27)16-24(32)26(33)31-12-6-11-30(2)13-14-31/h4-5,7-10,15,21,24H,6,11-14,16-18H2,1-3H3,(H,28,29)/t21-,24+/m1/s1. The van der Waals surface area contributed by atoms with Crippen LogP contribution in [0.1, 0.15) is 24.0 Å². The van der Waals surface area contributed by atoms with E-state index in [1.165, 1.54) is 5.56 Å². The van der Waals surface area contributed by atoms with Crippen LogP contribution in [-0.4, -0.2) is 88.7 Å². The minimum atomic E-state index is -0.109. The van der Waals surface area contributed by atoms with E-state index in [-0.39, 0.29) is 11.9 Å². The summed E-state index contributed by atoms with van der Waals surface area (Å²) in [6, 6.07) is 14.4. The molecule has 186 valence electrons. The Kier molecular flexibility index (Phi) is 7.32. The van der Waals surface area contributed by atoms with Crippen LogP contribution in [0.4, 0.5) is 0 Å². The lowest BCUT2D eigenvalue weighted by molar-refractivity contribution is -0.136. The second-order valence-electron chi connectivity index (χ2n) is 9.77. The number of hydrogen-bond donors (Lipinski definition) is 1. The third-order valence-corrected chi connectivity index (χ3v) is 8.26. The number of rotatable bonds is 6. The zero-order valence-corrected chi connectivity index (χ0v) is 21.7. The summed E-state index contributed by atoms with van der Waals surface area (Å²) < 4.78 is 5.45. The average Bonchev–Trinajstić information content (AvgIpc) is 3.36. The number of hydrogen-bond acceptors (Lipinski definition) is 6. The minimum absolute atomic E-state index is 0.109. The van der Waals surface area contributed by atoms with Gasteiger partial charge in [0.05, 0.1) is 24.2 Å². The van der Waals surface area contributed by atoms with Crippen LogP contribution in [0.15, 0.2) is 47.6 Å². The molecule has 1 N–H and O–H groups in total. The van der Waals surface area contributed by atoms with E-state index in [1.807, 2.05) is 24.3 Å². The molecule has 2 saturated heterocycles. The van der Waals surface area contributed by atoms with Crippen molar-refractivity contribution in [2.45, 2.75) is 42.8 Å². The van der Waals surface area contributed by atoms with Gasteiger partial charge in [0.1, 0.15) is 5.75 Å². The zero-order chi connectivity index (χ0) is 24.4. The number of thioether (sulfide) groups is 1. The minimum Gasteiger partial charge on any atom is -0.496 e. The number of carbonyl (C=O) groups excluding carboxylic acids is 1. The van der Waals surface area contributed by atoms with Gasteiger partial charge in [-0.1, -0.05) is 36.0 Å². The van der Waals surface area contributed by atoms with E-state index in [1.54, 1.807) is 18.9 Å². The van der Waals surface area contributed by atoms with Crippen molar-refractivity contribution in [3.63, 3.8) is 0 Å². The van der Waals surface area contributed by atoms with Crippen LogP contribution in [-0.2, 0) is 11.3 Å². The fraction of sp³-hybridized carbons (Fsp3) is 0.481. The molecule has 2 atom stereocenters. The van der Waals surface area contributed by atoms with E-state index in [0.717, 1.165) is 79.6 Å². The number of nitrogens with one attached hydrogen (secondary N) is 1. The van der Waals surface area contributed by atoms with E-state index >= 15 is 0 Å². The molecule has 35 heavy (non-hydrogen) atoms. The highest BCUT2D eigenvalue weighted by atomic mass is 32.2. The fourth-order valence-electron chi connectivity index (χ4n) is 5.27. The summed E-state index contributed by atoms with van der Waals surface area (Å²) >= 11 is 1.77. The van der Waals surface area contributed by atoms with Gasteiger partial charge in [0.15, 0.2) is 5.16 Å². The molecule has 0 saturated carbocycles. The third-order valence-electron chi connectivity index (χ3n) is 7.17. The Morgan fingerprint density at radius 2 is 2.03 bits per heavy atom. The molecule has 1 amide bonds. The Hall–Kier alpha value is -2.55. The van der Waals surface area contributed by atoms with Gasteiger partial charge in [-0.25, -0.2) is 4.98 Å². The molecule has 2 aliphatic rings. The number of likely N-dealkylation sites (N-methyl/N-ethyl adjacent to an activating group) is 1. The van der Waals surface area contributed by atoms with Gasteiger partial charge in [-0.15, -0.1) is 0 Å². The predicted molar refractivity (Wildman–Crippen MR) is 141 cm³/mol. The maximum Gasteiger partial charge on any atom is 0.240 e. The summed E-state index contributed by atoms with van der Waals surface area (Å²) in [5.74, 6) is 1.17. The van der Waals surface area contributed by atoms with Gasteiger partial charge in [-0.3, -0.25) is 9.69 Å². The maximum absolute atomic E-state index is 13.8. The number of H-pyrrole nitrogens is 1. The number of aromatic amines is 1. The van der Waals surface area contributed by atoms with Gasteiger partial charge in [-0.05, 0) is 62.7 Å². The fourth-order valence-corrected chi connectivity index (χ4v) is 6.45. The molecular weight excluding hydrogens is 458 g/mol. The monoisotopic (exact) mass is 493 g/mol. The van der Waals surface area contributed by atoms with E-state index < -0.39 is 0 Å². The summed E-state index contributed by atoms with van der Waals surface area (Å²) in [4.78, 5) is 28.8. The molecule has 5 rings (SSSR count). The highest BCUT2D eigenvalue weighted by Gasteiger charge is 2.39. The van der Waals surface area contributed by atoms with E-state index in [0.29, 0.717) is 5.25 Å². The highest BCUT2D eigenvalue weighted by molar-refractivity contribution is 7.99. The highest BCUT2D eigenvalue weighted by Crippen LogP contribution is 2.34. The van der Waals surface area contributed by atoms with Gasteiger partial charge in [-0.2, -0.15) is 0 Å². The first-order chi connectivity index (χ1) is 17.0. The number of nitrogens with zero attached hydrogens (tertiary/aromatic N) is 4. The number of methoxy groups -OCH3 is 1. The summed E-state index contributed by atoms with van der Waals surface area (Å²) in [6.45, 7) is 7.33. The molecule has 3 aromatic rings.